The number of rotatable bonds is 3. The van der Waals surface area contributed by atoms with Crippen LogP contribution < -0.4 is 5.32 Å². The van der Waals surface area contributed by atoms with Gasteiger partial charge in [-0.15, -0.1) is 0 Å². The van der Waals surface area contributed by atoms with Gasteiger partial charge in [-0.1, -0.05) is 17.9 Å². The van der Waals surface area contributed by atoms with Crippen molar-refractivity contribution in [2.75, 3.05) is 0 Å². The summed E-state index contributed by atoms with van der Waals surface area (Å²) in [4.78, 5) is 16.5. The van der Waals surface area contributed by atoms with E-state index in [1.54, 1.807) is 45.0 Å². The van der Waals surface area contributed by atoms with Crippen LogP contribution >= 0.6 is 0 Å². The molecule has 23 heavy (non-hydrogen) atoms. The lowest BCUT2D eigenvalue weighted by Crippen LogP contribution is -2.27. The Kier molecular flexibility index (Phi) is 4.82. The number of carbonyl (C=O) groups excluding carboxylic acids is 1. The van der Waals surface area contributed by atoms with Crippen molar-refractivity contribution in [2.45, 2.75) is 39.3 Å². The largest absolute Gasteiger partial charge is 0.378 e. The fraction of sp³-hybridized carbons (Fsp3) is 0.353. The Morgan fingerprint density at radius 1 is 1.43 bits per heavy atom. The molecule has 0 aliphatic rings. The minimum atomic E-state index is -1.07. The molecule has 0 aliphatic carbocycles. The summed E-state index contributed by atoms with van der Waals surface area (Å²) in [6.07, 6.45) is 0. The molecule has 120 valence electrons. The third kappa shape index (κ3) is 4.94. The SMILES string of the molecule is Cc1nc(C(C)NC(=O)c2cccc(C#CC(C)(C)O)c2)n[nH]1. The first-order chi connectivity index (χ1) is 10.7. The van der Waals surface area contributed by atoms with Crippen LogP contribution in [0.1, 0.15) is 54.4 Å². The number of aliphatic hydroxyl groups is 1. The Bertz CT molecular complexity index is 763. The maximum atomic E-state index is 12.3. The second kappa shape index (κ2) is 6.63. The maximum absolute atomic E-state index is 12.3. The minimum absolute atomic E-state index is 0.230. The van der Waals surface area contributed by atoms with Gasteiger partial charge in [0.15, 0.2) is 5.82 Å². The van der Waals surface area contributed by atoms with E-state index in [4.69, 9.17) is 0 Å². The number of aromatic nitrogens is 3. The van der Waals surface area contributed by atoms with E-state index in [0.29, 0.717) is 22.8 Å². The Labute approximate surface area is 135 Å². The smallest absolute Gasteiger partial charge is 0.251 e. The van der Waals surface area contributed by atoms with Gasteiger partial charge in [-0.05, 0) is 45.9 Å². The predicted octanol–water partition coefficient (Wildman–Crippen LogP) is 1.73. The highest BCUT2D eigenvalue weighted by Crippen LogP contribution is 2.10. The fourth-order valence-corrected chi connectivity index (χ4v) is 1.86. The van der Waals surface area contributed by atoms with Crippen molar-refractivity contribution >= 4 is 5.91 Å². The van der Waals surface area contributed by atoms with Gasteiger partial charge in [0.1, 0.15) is 11.4 Å². The summed E-state index contributed by atoms with van der Waals surface area (Å²) in [6.45, 7) is 6.84. The summed E-state index contributed by atoms with van der Waals surface area (Å²) in [5, 5.41) is 19.3. The molecule has 2 aromatic rings. The number of nitrogens with zero attached hydrogens (tertiary/aromatic N) is 2. The van der Waals surface area contributed by atoms with Gasteiger partial charge >= 0.3 is 0 Å². The van der Waals surface area contributed by atoms with Crippen molar-refractivity contribution in [3.63, 3.8) is 0 Å². The van der Waals surface area contributed by atoms with Gasteiger partial charge in [-0.2, -0.15) is 5.10 Å². The lowest BCUT2D eigenvalue weighted by atomic mass is 10.1. The van der Waals surface area contributed by atoms with E-state index in [-0.39, 0.29) is 11.9 Å². The van der Waals surface area contributed by atoms with Gasteiger partial charge in [0.05, 0.1) is 6.04 Å². The van der Waals surface area contributed by atoms with Gasteiger partial charge < -0.3 is 10.4 Å². The molecule has 1 heterocycles. The fourth-order valence-electron chi connectivity index (χ4n) is 1.86. The van der Waals surface area contributed by atoms with Crippen LogP contribution in [0.5, 0.6) is 0 Å². The number of nitrogens with one attached hydrogen (secondary N) is 2. The van der Waals surface area contributed by atoms with Crippen LogP contribution in [0.3, 0.4) is 0 Å². The Morgan fingerprint density at radius 2 is 2.17 bits per heavy atom. The van der Waals surface area contributed by atoms with Gasteiger partial charge in [-0.3, -0.25) is 9.89 Å². The first-order valence-electron chi connectivity index (χ1n) is 7.30. The summed E-state index contributed by atoms with van der Waals surface area (Å²) in [7, 11) is 0. The molecular weight excluding hydrogens is 292 g/mol. The molecule has 1 amide bonds. The van der Waals surface area contributed by atoms with Gasteiger partial charge in [-0.25, -0.2) is 4.98 Å². The van der Waals surface area contributed by atoms with Crippen molar-refractivity contribution in [1.29, 1.82) is 0 Å². The molecule has 1 aromatic heterocycles. The van der Waals surface area contributed by atoms with Gasteiger partial charge in [0.25, 0.3) is 5.91 Å². The number of hydrogen-bond acceptors (Lipinski definition) is 4. The quantitative estimate of drug-likeness (QED) is 0.753. The normalized spacial score (nSPS) is 12.2. The van der Waals surface area contributed by atoms with E-state index in [2.05, 4.69) is 32.3 Å². The first kappa shape index (κ1) is 16.7. The van der Waals surface area contributed by atoms with E-state index in [9.17, 15) is 9.90 Å². The highest BCUT2D eigenvalue weighted by Gasteiger charge is 2.15. The van der Waals surface area contributed by atoms with Crippen molar-refractivity contribution in [3.05, 3.63) is 47.0 Å². The lowest BCUT2D eigenvalue weighted by Gasteiger charge is -2.10. The third-order valence-electron chi connectivity index (χ3n) is 2.99. The molecule has 0 bridgehead atoms. The molecule has 6 nitrogen and oxygen atoms in total. The Hall–Kier alpha value is -2.65. The molecule has 0 saturated carbocycles. The molecule has 1 atom stereocenters. The van der Waals surface area contributed by atoms with Gasteiger partial charge in [0.2, 0.25) is 0 Å². The molecule has 0 fully saturated rings. The maximum Gasteiger partial charge on any atom is 0.251 e. The van der Waals surface area contributed by atoms with Crippen LogP contribution in [0, 0.1) is 18.8 Å². The molecule has 0 saturated heterocycles. The van der Waals surface area contributed by atoms with E-state index in [0.717, 1.165) is 0 Å². The number of aromatic amines is 1. The zero-order valence-corrected chi connectivity index (χ0v) is 13.6. The molecular formula is C17H20N4O2. The zero-order chi connectivity index (χ0) is 17.0. The van der Waals surface area contributed by atoms with Crippen molar-refractivity contribution < 1.29 is 9.90 Å². The molecule has 1 aromatic carbocycles. The van der Waals surface area contributed by atoms with Crippen LogP contribution in [0.2, 0.25) is 0 Å². The van der Waals surface area contributed by atoms with Gasteiger partial charge in [0, 0.05) is 11.1 Å². The monoisotopic (exact) mass is 312 g/mol. The summed E-state index contributed by atoms with van der Waals surface area (Å²) in [6, 6.07) is 6.63. The molecule has 1 unspecified atom stereocenters. The summed E-state index contributed by atoms with van der Waals surface area (Å²) >= 11 is 0. The Balaban J connectivity index is 2.12. The number of hydrogen-bond donors (Lipinski definition) is 3. The number of benzene rings is 1. The molecule has 6 heteroatoms. The van der Waals surface area contributed by atoms with Crippen LogP contribution in [0.4, 0.5) is 0 Å². The van der Waals surface area contributed by atoms with E-state index in [1.165, 1.54) is 0 Å². The van der Waals surface area contributed by atoms with E-state index >= 15 is 0 Å². The van der Waals surface area contributed by atoms with Crippen LogP contribution in [-0.2, 0) is 0 Å². The highest BCUT2D eigenvalue weighted by molar-refractivity contribution is 5.94. The second-order valence-corrected chi connectivity index (χ2v) is 5.86. The average molecular weight is 312 g/mol. The highest BCUT2D eigenvalue weighted by atomic mass is 16.3. The van der Waals surface area contributed by atoms with Crippen molar-refractivity contribution in [3.8, 4) is 11.8 Å². The lowest BCUT2D eigenvalue weighted by molar-refractivity contribution is 0.0938. The van der Waals surface area contributed by atoms with Crippen LogP contribution in [0.25, 0.3) is 0 Å². The van der Waals surface area contributed by atoms with E-state index in [1.807, 2.05) is 6.92 Å². The van der Waals surface area contributed by atoms with E-state index < -0.39 is 5.60 Å². The molecule has 0 radical (unpaired) electrons. The number of amides is 1. The number of H-pyrrole nitrogens is 1. The summed E-state index contributed by atoms with van der Waals surface area (Å²) < 4.78 is 0. The van der Waals surface area contributed by atoms with Crippen molar-refractivity contribution in [1.82, 2.24) is 20.5 Å². The number of carbonyl (C=O) groups is 1. The first-order valence-corrected chi connectivity index (χ1v) is 7.30. The Morgan fingerprint density at radius 3 is 2.78 bits per heavy atom. The van der Waals surface area contributed by atoms with Crippen LogP contribution in [-0.4, -0.2) is 31.8 Å². The van der Waals surface area contributed by atoms with Crippen molar-refractivity contribution in [2.24, 2.45) is 0 Å². The minimum Gasteiger partial charge on any atom is -0.378 e. The summed E-state index contributed by atoms with van der Waals surface area (Å²) in [5.41, 5.74) is 0.0869. The topological polar surface area (TPSA) is 90.9 Å². The molecule has 2 rings (SSSR count). The molecule has 3 N–H and O–H groups in total. The average Bonchev–Trinajstić information content (AvgIpc) is 2.91. The number of aryl methyl sites for hydroxylation is 1. The molecule has 0 spiro atoms. The standard InChI is InChI=1S/C17H20N4O2/c1-11(15-19-12(2)20-21-15)18-16(22)14-7-5-6-13(10-14)8-9-17(3,4)23/h5-7,10-11,23H,1-4H3,(H,18,22)(H,19,20,21). The predicted molar refractivity (Wildman–Crippen MR) is 86.6 cm³/mol. The molecule has 0 aliphatic heterocycles. The third-order valence-corrected chi connectivity index (χ3v) is 2.99. The summed E-state index contributed by atoms with van der Waals surface area (Å²) in [5.74, 6) is 6.59. The zero-order valence-electron chi connectivity index (χ0n) is 13.6. The second-order valence-electron chi connectivity index (χ2n) is 5.86. The van der Waals surface area contributed by atoms with Crippen LogP contribution in [0.15, 0.2) is 24.3 Å².